The van der Waals surface area contributed by atoms with E-state index in [1.807, 2.05) is 0 Å². The highest BCUT2D eigenvalue weighted by Gasteiger charge is 1.96. The van der Waals surface area contributed by atoms with E-state index in [1.54, 1.807) is 18.5 Å². The number of halogens is 1. The van der Waals surface area contributed by atoms with Crippen LogP contribution in [0.1, 0.15) is 0 Å². The lowest BCUT2D eigenvalue weighted by Gasteiger charge is -2.04. The van der Waals surface area contributed by atoms with Crippen LogP contribution in [0.15, 0.2) is 18.5 Å². The Morgan fingerprint density at radius 3 is 2.75 bits per heavy atom. The number of thiocarbonyl (C=S) groups is 1. The van der Waals surface area contributed by atoms with Crippen LogP contribution < -0.4 is 16.8 Å². The summed E-state index contributed by atoms with van der Waals surface area (Å²) < 4.78 is 0. The zero-order chi connectivity index (χ0) is 8.27. The number of anilines is 2. The molecule has 0 saturated carbocycles. The van der Waals surface area contributed by atoms with Gasteiger partial charge in [0.15, 0.2) is 5.11 Å². The summed E-state index contributed by atoms with van der Waals surface area (Å²) in [6.45, 7) is 0. The van der Waals surface area contributed by atoms with Gasteiger partial charge in [0, 0.05) is 6.20 Å². The van der Waals surface area contributed by atoms with Crippen molar-refractivity contribution in [2.45, 2.75) is 0 Å². The molecule has 0 atom stereocenters. The average Bonchev–Trinajstić information content (AvgIpc) is 1.93. The maximum absolute atomic E-state index is 5.55. The van der Waals surface area contributed by atoms with Crippen LogP contribution >= 0.6 is 24.6 Å². The number of nitrogens with two attached hydrogens (primary N) is 2. The standard InChI is InChI=1S/C6H8N4S.ClH/c7-4-1-2-9-3-5(4)10-6(8)11;/h1-3H,(H2,7,9)(H3,8,10,11);1H. The maximum atomic E-state index is 5.55. The molecule has 0 fully saturated rings. The van der Waals surface area contributed by atoms with Gasteiger partial charge in [-0.05, 0) is 18.3 Å². The minimum atomic E-state index is 0. The van der Waals surface area contributed by atoms with Crippen molar-refractivity contribution in [3.63, 3.8) is 0 Å². The summed E-state index contributed by atoms with van der Waals surface area (Å²) in [4.78, 5) is 3.84. The van der Waals surface area contributed by atoms with E-state index >= 15 is 0 Å². The summed E-state index contributed by atoms with van der Waals surface area (Å²) in [5.41, 5.74) is 12.0. The Morgan fingerprint density at radius 2 is 2.25 bits per heavy atom. The number of pyridine rings is 1. The average molecular weight is 205 g/mol. The Morgan fingerprint density at radius 1 is 1.58 bits per heavy atom. The molecule has 1 aromatic heterocycles. The minimum Gasteiger partial charge on any atom is -0.397 e. The van der Waals surface area contributed by atoms with Gasteiger partial charge in [0.2, 0.25) is 0 Å². The molecule has 0 aliphatic carbocycles. The van der Waals surface area contributed by atoms with Crippen LogP contribution in [0.25, 0.3) is 0 Å². The van der Waals surface area contributed by atoms with Gasteiger partial charge >= 0.3 is 0 Å². The van der Waals surface area contributed by atoms with Gasteiger partial charge in [0.05, 0.1) is 17.6 Å². The normalized spacial score (nSPS) is 8.33. The molecule has 12 heavy (non-hydrogen) atoms. The molecule has 4 nitrogen and oxygen atoms in total. The van der Waals surface area contributed by atoms with Crippen LogP contribution in [0.5, 0.6) is 0 Å². The van der Waals surface area contributed by atoms with Gasteiger partial charge in [-0.15, -0.1) is 12.4 Å². The first-order valence-electron chi connectivity index (χ1n) is 2.96. The van der Waals surface area contributed by atoms with Crippen molar-refractivity contribution in [3.8, 4) is 0 Å². The fourth-order valence-electron chi connectivity index (χ4n) is 0.642. The van der Waals surface area contributed by atoms with Crippen LogP contribution in [-0.4, -0.2) is 10.1 Å². The molecule has 0 bridgehead atoms. The molecule has 66 valence electrons. The molecule has 0 unspecified atom stereocenters. The molecule has 0 radical (unpaired) electrons. The Hall–Kier alpha value is -1.07. The Labute approximate surface area is 81.8 Å². The Balaban J connectivity index is 0.00000121. The second-order valence-electron chi connectivity index (χ2n) is 1.95. The van der Waals surface area contributed by atoms with Crippen molar-refractivity contribution in [1.29, 1.82) is 0 Å². The van der Waals surface area contributed by atoms with Crippen molar-refractivity contribution in [1.82, 2.24) is 4.98 Å². The van der Waals surface area contributed by atoms with Gasteiger partial charge in [-0.2, -0.15) is 0 Å². The lowest BCUT2D eigenvalue weighted by molar-refractivity contribution is 1.33. The third-order valence-electron chi connectivity index (χ3n) is 1.11. The number of hydrogen-bond donors (Lipinski definition) is 3. The smallest absolute Gasteiger partial charge is 0.168 e. The zero-order valence-electron chi connectivity index (χ0n) is 6.15. The van der Waals surface area contributed by atoms with Crippen LogP contribution in [0, 0.1) is 0 Å². The molecular formula is C6H9ClN4S. The fraction of sp³-hybridized carbons (Fsp3) is 0. The van der Waals surface area contributed by atoms with Crippen LogP contribution in [-0.2, 0) is 0 Å². The first kappa shape index (κ1) is 10.9. The van der Waals surface area contributed by atoms with Crippen molar-refractivity contribution >= 4 is 41.1 Å². The Bertz CT molecular complexity index is 278. The molecule has 6 heteroatoms. The quantitative estimate of drug-likeness (QED) is 0.589. The van der Waals surface area contributed by atoms with Crippen LogP contribution in [0.3, 0.4) is 0 Å². The highest BCUT2D eigenvalue weighted by molar-refractivity contribution is 7.80. The van der Waals surface area contributed by atoms with E-state index in [0.717, 1.165) is 0 Å². The molecule has 1 heterocycles. The summed E-state index contributed by atoms with van der Waals surface area (Å²) in [6.07, 6.45) is 3.16. The molecule has 0 spiro atoms. The first-order valence-corrected chi connectivity index (χ1v) is 3.37. The van der Waals surface area contributed by atoms with Gasteiger partial charge in [0.1, 0.15) is 0 Å². The first-order chi connectivity index (χ1) is 5.20. The summed E-state index contributed by atoms with van der Waals surface area (Å²) in [7, 11) is 0. The number of rotatable bonds is 1. The summed E-state index contributed by atoms with van der Waals surface area (Å²) in [5, 5.41) is 2.88. The molecule has 0 aliphatic rings. The second kappa shape index (κ2) is 4.74. The van der Waals surface area contributed by atoms with E-state index in [1.165, 1.54) is 0 Å². The molecule has 1 rings (SSSR count). The van der Waals surface area contributed by atoms with Gasteiger partial charge in [0.25, 0.3) is 0 Å². The fourth-order valence-corrected chi connectivity index (χ4v) is 0.752. The highest BCUT2D eigenvalue weighted by atomic mass is 35.5. The highest BCUT2D eigenvalue weighted by Crippen LogP contribution is 2.13. The van der Waals surface area contributed by atoms with E-state index in [4.69, 9.17) is 11.5 Å². The van der Waals surface area contributed by atoms with Crippen molar-refractivity contribution in [3.05, 3.63) is 18.5 Å². The SMILES string of the molecule is Cl.NC(=S)Nc1cnccc1N. The number of nitrogens with one attached hydrogen (secondary N) is 1. The number of nitrogens with zero attached hydrogens (tertiary/aromatic N) is 1. The molecule has 0 aromatic carbocycles. The molecule has 0 aliphatic heterocycles. The summed E-state index contributed by atoms with van der Waals surface area (Å²) >= 11 is 4.62. The molecule has 1 aromatic rings. The third-order valence-corrected chi connectivity index (χ3v) is 1.21. The molecule has 0 amide bonds. The zero-order valence-corrected chi connectivity index (χ0v) is 7.78. The maximum Gasteiger partial charge on any atom is 0.168 e. The number of hydrogen-bond acceptors (Lipinski definition) is 3. The Kier molecular flexibility index (Phi) is 4.31. The summed E-state index contributed by atoms with van der Waals surface area (Å²) in [6, 6.07) is 1.67. The van der Waals surface area contributed by atoms with E-state index in [-0.39, 0.29) is 17.5 Å². The predicted octanol–water partition coefficient (Wildman–Crippen LogP) is 0.741. The largest absolute Gasteiger partial charge is 0.397 e. The van der Waals surface area contributed by atoms with Gasteiger partial charge in [-0.1, -0.05) is 0 Å². The predicted molar refractivity (Wildman–Crippen MR) is 56.3 cm³/mol. The van der Waals surface area contributed by atoms with Crippen molar-refractivity contribution < 1.29 is 0 Å². The molecule has 5 N–H and O–H groups in total. The number of aromatic nitrogens is 1. The monoisotopic (exact) mass is 204 g/mol. The number of nitrogen functional groups attached to an aromatic ring is 1. The summed E-state index contributed by atoms with van der Waals surface area (Å²) in [5.74, 6) is 0. The van der Waals surface area contributed by atoms with Crippen LogP contribution in [0.4, 0.5) is 11.4 Å². The second-order valence-corrected chi connectivity index (χ2v) is 2.39. The molecule has 0 saturated heterocycles. The van der Waals surface area contributed by atoms with Crippen LogP contribution in [0.2, 0.25) is 0 Å². The molecular weight excluding hydrogens is 196 g/mol. The van der Waals surface area contributed by atoms with Crippen molar-refractivity contribution in [2.75, 3.05) is 11.1 Å². The van der Waals surface area contributed by atoms with E-state index < -0.39 is 0 Å². The lowest BCUT2D eigenvalue weighted by Crippen LogP contribution is -2.19. The minimum absolute atomic E-state index is 0. The topological polar surface area (TPSA) is 77.0 Å². The van der Waals surface area contributed by atoms with E-state index in [9.17, 15) is 0 Å². The van der Waals surface area contributed by atoms with E-state index in [2.05, 4.69) is 22.5 Å². The van der Waals surface area contributed by atoms with Gasteiger partial charge < -0.3 is 16.8 Å². The van der Waals surface area contributed by atoms with Gasteiger partial charge in [-0.25, -0.2) is 0 Å². The van der Waals surface area contributed by atoms with Gasteiger partial charge in [-0.3, -0.25) is 4.98 Å². The lowest BCUT2D eigenvalue weighted by atomic mass is 10.3. The van der Waals surface area contributed by atoms with Crippen molar-refractivity contribution in [2.24, 2.45) is 5.73 Å². The van der Waals surface area contributed by atoms with E-state index in [0.29, 0.717) is 11.4 Å². The third kappa shape index (κ3) is 2.89.